The Hall–Kier alpha value is -1.87. The minimum absolute atomic E-state index is 0.124. The molecular weight excluding hydrogens is 266 g/mol. The van der Waals surface area contributed by atoms with Gasteiger partial charge in [-0.15, -0.1) is 11.3 Å². The SMILES string of the molecule is CCCN1C(=O)/C(=C\c2ccc(C)s2)c2ccccc21. The predicted molar refractivity (Wildman–Crippen MR) is 86.0 cm³/mol. The molecule has 3 rings (SSSR count). The fraction of sp³-hybridized carbons (Fsp3) is 0.235. The Kier molecular flexibility index (Phi) is 3.45. The molecule has 0 atom stereocenters. The molecule has 0 fully saturated rings. The van der Waals surface area contributed by atoms with Crippen molar-refractivity contribution in [2.24, 2.45) is 0 Å². The van der Waals surface area contributed by atoms with Crippen LogP contribution < -0.4 is 4.90 Å². The summed E-state index contributed by atoms with van der Waals surface area (Å²) in [7, 11) is 0. The Morgan fingerprint density at radius 3 is 2.70 bits per heavy atom. The van der Waals surface area contributed by atoms with Crippen molar-refractivity contribution in [3.8, 4) is 0 Å². The van der Waals surface area contributed by atoms with E-state index in [1.807, 2.05) is 35.2 Å². The highest BCUT2D eigenvalue weighted by molar-refractivity contribution is 7.12. The van der Waals surface area contributed by atoms with Crippen molar-refractivity contribution in [1.82, 2.24) is 0 Å². The van der Waals surface area contributed by atoms with Gasteiger partial charge in [0.1, 0.15) is 0 Å². The second-order valence-electron chi connectivity index (χ2n) is 4.98. The van der Waals surface area contributed by atoms with Gasteiger partial charge in [0.25, 0.3) is 5.91 Å². The molecule has 0 aliphatic carbocycles. The Morgan fingerprint density at radius 1 is 1.20 bits per heavy atom. The first-order valence-corrected chi connectivity index (χ1v) is 7.71. The average molecular weight is 283 g/mol. The normalized spacial score (nSPS) is 16.0. The fourth-order valence-electron chi connectivity index (χ4n) is 2.57. The van der Waals surface area contributed by atoms with Crippen LogP contribution in [0.5, 0.6) is 0 Å². The first-order chi connectivity index (χ1) is 9.70. The van der Waals surface area contributed by atoms with E-state index in [4.69, 9.17) is 0 Å². The molecule has 1 aliphatic heterocycles. The maximum absolute atomic E-state index is 12.6. The van der Waals surface area contributed by atoms with Crippen LogP contribution in [-0.4, -0.2) is 12.5 Å². The fourth-order valence-corrected chi connectivity index (χ4v) is 3.39. The van der Waals surface area contributed by atoms with Crippen molar-refractivity contribution in [3.63, 3.8) is 0 Å². The van der Waals surface area contributed by atoms with Crippen LogP contribution in [0.3, 0.4) is 0 Å². The highest BCUT2D eigenvalue weighted by Gasteiger charge is 2.31. The van der Waals surface area contributed by atoms with Crippen molar-refractivity contribution >= 4 is 34.6 Å². The van der Waals surface area contributed by atoms with Crippen LogP contribution in [0.1, 0.15) is 28.7 Å². The zero-order valence-electron chi connectivity index (χ0n) is 11.7. The van der Waals surface area contributed by atoms with Gasteiger partial charge >= 0.3 is 0 Å². The molecule has 20 heavy (non-hydrogen) atoms. The quantitative estimate of drug-likeness (QED) is 0.767. The van der Waals surface area contributed by atoms with Gasteiger partial charge in [0.05, 0.1) is 11.3 Å². The van der Waals surface area contributed by atoms with Crippen LogP contribution in [0, 0.1) is 6.92 Å². The van der Waals surface area contributed by atoms with Crippen LogP contribution in [0.4, 0.5) is 5.69 Å². The van der Waals surface area contributed by atoms with E-state index in [9.17, 15) is 4.79 Å². The molecule has 102 valence electrons. The number of fused-ring (bicyclic) bond motifs is 1. The summed E-state index contributed by atoms with van der Waals surface area (Å²) in [6.45, 7) is 4.96. The van der Waals surface area contributed by atoms with Crippen molar-refractivity contribution in [3.05, 3.63) is 51.7 Å². The molecule has 0 unspecified atom stereocenters. The smallest absolute Gasteiger partial charge is 0.259 e. The number of para-hydroxylation sites is 1. The number of hydrogen-bond acceptors (Lipinski definition) is 2. The number of nitrogens with zero attached hydrogens (tertiary/aromatic N) is 1. The number of rotatable bonds is 3. The second kappa shape index (κ2) is 5.25. The lowest BCUT2D eigenvalue weighted by Crippen LogP contribution is -2.26. The summed E-state index contributed by atoms with van der Waals surface area (Å²) in [4.78, 5) is 16.9. The summed E-state index contributed by atoms with van der Waals surface area (Å²) in [5.74, 6) is 0.124. The van der Waals surface area contributed by atoms with Crippen molar-refractivity contribution in [2.45, 2.75) is 20.3 Å². The largest absolute Gasteiger partial charge is 0.308 e. The number of hydrogen-bond donors (Lipinski definition) is 0. The number of aryl methyl sites for hydroxylation is 1. The molecule has 0 saturated carbocycles. The van der Waals surface area contributed by atoms with Crippen LogP contribution in [0.15, 0.2) is 36.4 Å². The Morgan fingerprint density at radius 2 is 2.00 bits per heavy atom. The zero-order valence-corrected chi connectivity index (χ0v) is 12.5. The third-order valence-corrected chi connectivity index (χ3v) is 4.40. The monoisotopic (exact) mass is 283 g/mol. The lowest BCUT2D eigenvalue weighted by atomic mass is 10.1. The number of carbonyl (C=O) groups excluding carboxylic acids is 1. The van der Waals surface area contributed by atoms with E-state index in [1.54, 1.807) is 11.3 Å². The van der Waals surface area contributed by atoms with Gasteiger partial charge in [0.2, 0.25) is 0 Å². The van der Waals surface area contributed by atoms with Crippen molar-refractivity contribution < 1.29 is 4.79 Å². The first kappa shape index (κ1) is 13.1. The molecule has 2 aromatic rings. The summed E-state index contributed by atoms with van der Waals surface area (Å²) in [6, 6.07) is 12.2. The lowest BCUT2D eigenvalue weighted by Gasteiger charge is -2.15. The van der Waals surface area contributed by atoms with Gasteiger partial charge in [-0.1, -0.05) is 25.1 Å². The summed E-state index contributed by atoms with van der Waals surface area (Å²) in [6.07, 6.45) is 2.99. The van der Waals surface area contributed by atoms with Gasteiger partial charge in [-0.2, -0.15) is 0 Å². The maximum atomic E-state index is 12.6. The number of amides is 1. The van der Waals surface area contributed by atoms with E-state index in [0.29, 0.717) is 0 Å². The van der Waals surface area contributed by atoms with Gasteiger partial charge in [-0.05, 0) is 37.6 Å². The third-order valence-electron chi connectivity index (χ3n) is 3.46. The van der Waals surface area contributed by atoms with E-state index in [-0.39, 0.29) is 5.91 Å². The maximum Gasteiger partial charge on any atom is 0.259 e. The molecule has 1 amide bonds. The van der Waals surface area contributed by atoms with E-state index in [0.717, 1.165) is 34.7 Å². The Balaban J connectivity index is 2.08. The second-order valence-corrected chi connectivity index (χ2v) is 6.30. The van der Waals surface area contributed by atoms with E-state index < -0.39 is 0 Å². The standard InChI is InChI=1S/C17H17NOS/c1-3-10-18-16-7-5-4-6-14(16)15(17(18)19)11-13-9-8-12(2)20-13/h4-9,11H,3,10H2,1-2H3/b15-11-. The predicted octanol–water partition coefficient (Wildman–Crippen LogP) is 4.35. The highest BCUT2D eigenvalue weighted by Crippen LogP contribution is 2.38. The Labute approximate surface area is 123 Å². The molecule has 0 bridgehead atoms. The summed E-state index contributed by atoms with van der Waals surface area (Å²) in [5, 5.41) is 0. The molecular formula is C17H17NOS. The van der Waals surface area contributed by atoms with Crippen LogP contribution in [-0.2, 0) is 4.79 Å². The summed E-state index contributed by atoms with van der Waals surface area (Å²) < 4.78 is 0. The molecule has 3 heteroatoms. The van der Waals surface area contributed by atoms with E-state index in [2.05, 4.69) is 26.0 Å². The van der Waals surface area contributed by atoms with Crippen molar-refractivity contribution in [1.29, 1.82) is 0 Å². The van der Waals surface area contributed by atoms with Crippen LogP contribution >= 0.6 is 11.3 Å². The van der Waals surface area contributed by atoms with Crippen LogP contribution in [0.25, 0.3) is 11.6 Å². The number of anilines is 1. The van der Waals surface area contributed by atoms with Crippen LogP contribution in [0.2, 0.25) is 0 Å². The molecule has 0 spiro atoms. The van der Waals surface area contributed by atoms with Gasteiger partial charge in [-0.25, -0.2) is 0 Å². The van der Waals surface area contributed by atoms with E-state index in [1.165, 1.54) is 4.88 Å². The van der Waals surface area contributed by atoms with Gasteiger partial charge in [-0.3, -0.25) is 4.79 Å². The highest BCUT2D eigenvalue weighted by atomic mass is 32.1. The zero-order chi connectivity index (χ0) is 14.1. The number of carbonyl (C=O) groups is 1. The lowest BCUT2D eigenvalue weighted by molar-refractivity contribution is -0.113. The molecule has 0 radical (unpaired) electrons. The Bertz CT molecular complexity index is 684. The van der Waals surface area contributed by atoms with Gasteiger partial charge in [0, 0.05) is 21.9 Å². The summed E-state index contributed by atoms with van der Waals surface area (Å²) >= 11 is 1.72. The van der Waals surface area contributed by atoms with Gasteiger partial charge in [0.15, 0.2) is 0 Å². The molecule has 1 aromatic heterocycles. The molecule has 2 heterocycles. The van der Waals surface area contributed by atoms with E-state index >= 15 is 0 Å². The third kappa shape index (κ3) is 2.18. The summed E-state index contributed by atoms with van der Waals surface area (Å²) in [5.41, 5.74) is 2.91. The molecule has 1 aromatic carbocycles. The number of thiophene rings is 1. The van der Waals surface area contributed by atoms with Gasteiger partial charge < -0.3 is 4.90 Å². The number of benzene rings is 1. The molecule has 0 saturated heterocycles. The minimum Gasteiger partial charge on any atom is -0.308 e. The molecule has 1 aliphatic rings. The average Bonchev–Trinajstić information content (AvgIpc) is 2.97. The topological polar surface area (TPSA) is 20.3 Å². The minimum atomic E-state index is 0.124. The molecule has 2 nitrogen and oxygen atoms in total. The molecule has 0 N–H and O–H groups in total. The first-order valence-electron chi connectivity index (χ1n) is 6.90. The van der Waals surface area contributed by atoms with Crippen molar-refractivity contribution in [2.75, 3.05) is 11.4 Å².